The largest absolute Gasteiger partial charge is 0.368 e. The summed E-state index contributed by atoms with van der Waals surface area (Å²) in [5.41, 5.74) is 1.48. The minimum atomic E-state index is -0.247. The van der Waals surface area contributed by atoms with Crippen LogP contribution >= 0.6 is 11.3 Å². The standard InChI is InChI=1S/C10H15NO2S/c1-10(2,3)13-6-8(12)4-9-5-11-7-14-9/h5,7H,4,6H2,1-3H3. The van der Waals surface area contributed by atoms with E-state index in [2.05, 4.69) is 4.98 Å². The molecule has 78 valence electrons. The SMILES string of the molecule is CC(C)(C)OCC(=O)Cc1cncs1. The van der Waals surface area contributed by atoms with E-state index in [1.165, 1.54) is 11.3 Å². The summed E-state index contributed by atoms with van der Waals surface area (Å²) in [7, 11) is 0. The molecule has 0 aliphatic carbocycles. The van der Waals surface area contributed by atoms with Gasteiger partial charge in [0.1, 0.15) is 6.61 Å². The Balaban J connectivity index is 2.30. The van der Waals surface area contributed by atoms with E-state index >= 15 is 0 Å². The molecule has 1 aromatic heterocycles. The van der Waals surface area contributed by atoms with Gasteiger partial charge in [0.25, 0.3) is 0 Å². The molecule has 0 N–H and O–H groups in total. The Bertz CT molecular complexity index is 288. The average molecular weight is 213 g/mol. The van der Waals surface area contributed by atoms with Gasteiger partial charge in [0, 0.05) is 17.5 Å². The lowest BCUT2D eigenvalue weighted by Crippen LogP contribution is -2.24. The first kappa shape index (κ1) is 11.3. The lowest BCUT2D eigenvalue weighted by molar-refractivity contribution is -0.127. The fourth-order valence-corrected chi connectivity index (χ4v) is 1.49. The number of thiazole rings is 1. The number of carbonyl (C=O) groups is 1. The van der Waals surface area contributed by atoms with Crippen molar-refractivity contribution >= 4 is 17.1 Å². The lowest BCUT2D eigenvalue weighted by atomic mass is 10.2. The predicted octanol–water partition coefficient (Wildman–Crippen LogP) is 2.07. The van der Waals surface area contributed by atoms with Crippen LogP contribution in [0.3, 0.4) is 0 Å². The first-order chi connectivity index (χ1) is 6.47. The summed E-state index contributed by atoms with van der Waals surface area (Å²) >= 11 is 1.50. The van der Waals surface area contributed by atoms with Crippen molar-refractivity contribution in [2.24, 2.45) is 0 Å². The third-order valence-corrected chi connectivity index (χ3v) is 2.30. The van der Waals surface area contributed by atoms with Crippen molar-refractivity contribution in [2.45, 2.75) is 32.8 Å². The highest BCUT2D eigenvalue weighted by Crippen LogP contribution is 2.09. The van der Waals surface area contributed by atoms with Crippen LogP contribution in [0.4, 0.5) is 0 Å². The van der Waals surface area contributed by atoms with E-state index in [-0.39, 0.29) is 18.0 Å². The Hall–Kier alpha value is -0.740. The molecule has 3 nitrogen and oxygen atoms in total. The maximum absolute atomic E-state index is 11.4. The first-order valence-corrected chi connectivity index (χ1v) is 5.38. The zero-order valence-corrected chi connectivity index (χ0v) is 9.56. The maximum atomic E-state index is 11.4. The summed E-state index contributed by atoms with van der Waals surface area (Å²) in [4.78, 5) is 16.3. The van der Waals surface area contributed by atoms with Crippen LogP contribution in [0.5, 0.6) is 0 Å². The summed E-state index contributed by atoms with van der Waals surface area (Å²) in [6.07, 6.45) is 2.15. The topological polar surface area (TPSA) is 39.2 Å². The molecule has 4 heteroatoms. The third-order valence-electron chi connectivity index (χ3n) is 1.52. The number of aromatic nitrogens is 1. The van der Waals surface area contributed by atoms with Gasteiger partial charge in [0.2, 0.25) is 0 Å². The molecule has 0 atom stereocenters. The Morgan fingerprint density at radius 1 is 1.57 bits per heavy atom. The highest BCUT2D eigenvalue weighted by atomic mass is 32.1. The van der Waals surface area contributed by atoms with E-state index < -0.39 is 0 Å². The van der Waals surface area contributed by atoms with Gasteiger partial charge in [-0.25, -0.2) is 0 Å². The minimum absolute atomic E-state index is 0.101. The van der Waals surface area contributed by atoms with E-state index in [0.29, 0.717) is 6.42 Å². The Labute approximate surface area is 88.1 Å². The number of hydrogen-bond acceptors (Lipinski definition) is 4. The predicted molar refractivity (Wildman–Crippen MR) is 56.5 cm³/mol. The van der Waals surface area contributed by atoms with Gasteiger partial charge in [-0.15, -0.1) is 11.3 Å². The molecule has 0 bridgehead atoms. The molecule has 0 fully saturated rings. The Morgan fingerprint density at radius 2 is 2.29 bits per heavy atom. The van der Waals surface area contributed by atoms with Gasteiger partial charge in [0.05, 0.1) is 11.1 Å². The number of hydrogen-bond donors (Lipinski definition) is 0. The van der Waals surface area contributed by atoms with Crippen LogP contribution in [-0.2, 0) is 16.0 Å². The summed E-state index contributed by atoms with van der Waals surface area (Å²) < 4.78 is 5.37. The van der Waals surface area contributed by atoms with E-state index in [1.54, 1.807) is 11.7 Å². The molecule has 1 rings (SSSR count). The number of Topliss-reactive ketones (excluding diaryl/α,β-unsaturated/α-hetero) is 1. The third kappa shape index (κ3) is 4.48. The van der Waals surface area contributed by atoms with Crippen LogP contribution in [0.15, 0.2) is 11.7 Å². The van der Waals surface area contributed by atoms with Crippen molar-refractivity contribution in [1.82, 2.24) is 4.98 Å². The molecular formula is C10H15NO2S. The van der Waals surface area contributed by atoms with Gasteiger partial charge in [-0.05, 0) is 20.8 Å². The number of nitrogens with zero attached hydrogens (tertiary/aromatic N) is 1. The molecule has 0 aliphatic rings. The molecule has 0 saturated heterocycles. The van der Waals surface area contributed by atoms with E-state index in [1.807, 2.05) is 20.8 Å². The van der Waals surface area contributed by atoms with Gasteiger partial charge in [-0.3, -0.25) is 9.78 Å². The van der Waals surface area contributed by atoms with Gasteiger partial charge < -0.3 is 4.74 Å². The fraction of sp³-hybridized carbons (Fsp3) is 0.600. The highest BCUT2D eigenvalue weighted by Gasteiger charge is 2.13. The normalized spacial score (nSPS) is 11.6. The van der Waals surface area contributed by atoms with Crippen molar-refractivity contribution < 1.29 is 9.53 Å². The maximum Gasteiger partial charge on any atom is 0.163 e. The van der Waals surface area contributed by atoms with Crippen molar-refractivity contribution in [3.63, 3.8) is 0 Å². The molecule has 0 radical (unpaired) electrons. The highest BCUT2D eigenvalue weighted by molar-refractivity contribution is 7.09. The van der Waals surface area contributed by atoms with Crippen LogP contribution in [0.1, 0.15) is 25.6 Å². The van der Waals surface area contributed by atoms with Gasteiger partial charge in [-0.1, -0.05) is 0 Å². The fourth-order valence-electron chi connectivity index (χ4n) is 0.872. The molecule has 1 heterocycles. The number of ether oxygens (including phenoxy) is 1. The van der Waals surface area contributed by atoms with Crippen LogP contribution < -0.4 is 0 Å². The van der Waals surface area contributed by atoms with Crippen LogP contribution in [0.25, 0.3) is 0 Å². The Morgan fingerprint density at radius 3 is 2.79 bits per heavy atom. The minimum Gasteiger partial charge on any atom is -0.368 e. The monoisotopic (exact) mass is 213 g/mol. The quantitative estimate of drug-likeness (QED) is 0.768. The van der Waals surface area contributed by atoms with Crippen LogP contribution in [-0.4, -0.2) is 23.0 Å². The zero-order valence-electron chi connectivity index (χ0n) is 8.74. The van der Waals surface area contributed by atoms with Crippen LogP contribution in [0, 0.1) is 0 Å². The van der Waals surface area contributed by atoms with E-state index in [4.69, 9.17) is 4.74 Å². The number of rotatable bonds is 4. The van der Waals surface area contributed by atoms with Crippen molar-refractivity contribution in [2.75, 3.05) is 6.61 Å². The molecule has 0 aliphatic heterocycles. The van der Waals surface area contributed by atoms with E-state index in [0.717, 1.165) is 4.88 Å². The van der Waals surface area contributed by atoms with Crippen molar-refractivity contribution in [3.05, 3.63) is 16.6 Å². The molecule has 0 amide bonds. The molecule has 0 spiro atoms. The van der Waals surface area contributed by atoms with E-state index in [9.17, 15) is 4.79 Å². The molecule has 0 unspecified atom stereocenters. The lowest BCUT2D eigenvalue weighted by Gasteiger charge is -2.18. The summed E-state index contributed by atoms with van der Waals surface area (Å²) in [6.45, 7) is 5.99. The first-order valence-electron chi connectivity index (χ1n) is 4.50. The molecule has 14 heavy (non-hydrogen) atoms. The van der Waals surface area contributed by atoms with Gasteiger partial charge in [-0.2, -0.15) is 0 Å². The molecular weight excluding hydrogens is 198 g/mol. The molecule has 0 saturated carbocycles. The van der Waals surface area contributed by atoms with Crippen molar-refractivity contribution in [3.8, 4) is 0 Å². The summed E-state index contributed by atoms with van der Waals surface area (Å²) in [5.74, 6) is 0.101. The van der Waals surface area contributed by atoms with Crippen LogP contribution in [0.2, 0.25) is 0 Å². The Kier molecular flexibility index (Phi) is 3.77. The second kappa shape index (κ2) is 4.66. The average Bonchev–Trinajstić information content (AvgIpc) is 2.52. The molecule has 0 aromatic carbocycles. The number of ketones is 1. The summed E-state index contributed by atoms with van der Waals surface area (Å²) in [6, 6.07) is 0. The second-order valence-corrected chi connectivity index (χ2v) is 5.06. The van der Waals surface area contributed by atoms with Crippen molar-refractivity contribution in [1.29, 1.82) is 0 Å². The summed E-state index contributed by atoms with van der Waals surface area (Å²) in [5, 5.41) is 0. The van der Waals surface area contributed by atoms with Gasteiger partial charge in [0.15, 0.2) is 5.78 Å². The number of carbonyl (C=O) groups excluding carboxylic acids is 1. The second-order valence-electron chi connectivity index (χ2n) is 4.08. The van der Waals surface area contributed by atoms with Gasteiger partial charge >= 0.3 is 0 Å². The molecule has 1 aromatic rings. The smallest absolute Gasteiger partial charge is 0.163 e. The zero-order chi connectivity index (χ0) is 10.6.